The number of phenolic OH excluding ortho intramolecular Hbond substituents is 1. The molecule has 31 heavy (non-hydrogen) atoms. The number of para-hydroxylation sites is 2. The number of benzene rings is 3. The Kier molecular flexibility index (Phi) is 5.70. The van der Waals surface area contributed by atoms with E-state index in [2.05, 4.69) is 20.7 Å². The van der Waals surface area contributed by atoms with Crippen molar-refractivity contribution in [2.75, 3.05) is 7.11 Å². The summed E-state index contributed by atoms with van der Waals surface area (Å²) in [6.07, 6.45) is 1.52. The molecule has 8 nitrogen and oxygen atoms in total. The van der Waals surface area contributed by atoms with Gasteiger partial charge in [0.1, 0.15) is 11.5 Å². The molecule has 1 aromatic heterocycles. The van der Waals surface area contributed by atoms with Crippen LogP contribution in [0.5, 0.6) is 11.5 Å². The Balaban J connectivity index is 1.44. The summed E-state index contributed by atoms with van der Waals surface area (Å²) in [6, 6.07) is 20.7. The lowest BCUT2D eigenvalue weighted by atomic mass is 10.1. The van der Waals surface area contributed by atoms with Gasteiger partial charge in [-0.1, -0.05) is 24.3 Å². The Morgan fingerprint density at radius 2 is 1.71 bits per heavy atom. The minimum Gasteiger partial charge on any atom is -0.507 e. The second-order valence-corrected chi connectivity index (χ2v) is 6.45. The van der Waals surface area contributed by atoms with Gasteiger partial charge in [-0.05, 0) is 48.5 Å². The van der Waals surface area contributed by atoms with E-state index in [0.717, 1.165) is 5.56 Å². The third-order valence-electron chi connectivity index (χ3n) is 4.46. The monoisotopic (exact) mass is 414 g/mol. The molecule has 0 atom stereocenters. The highest BCUT2D eigenvalue weighted by molar-refractivity contribution is 5.95. The maximum Gasteiger partial charge on any atom is 0.271 e. The van der Waals surface area contributed by atoms with Crippen LogP contribution in [0.15, 0.2) is 82.3 Å². The zero-order valence-corrected chi connectivity index (χ0v) is 16.5. The molecule has 2 N–H and O–H groups in total. The maximum atomic E-state index is 12.3. The van der Waals surface area contributed by atoms with Gasteiger partial charge in [0.25, 0.3) is 11.8 Å². The number of hydrogen-bond donors (Lipinski definition) is 2. The van der Waals surface area contributed by atoms with E-state index >= 15 is 0 Å². The molecule has 3 aromatic carbocycles. The van der Waals surface area contributed by atoms with E-state index in [1.165, 1.54) is 6.21 Å². The van der Waals surface area contributed by atoms with Crippen molar-refractivity contribution in [2.45, 2.75) is 0 Å². The fourth-order valence-electron chi connectivity index (χ4n) is 2.87. The summed E-state index contributed by atoms with van der Waals surface area (Å²) in [5, 5.41) is 21.9. The molecule has 0 saturated heterocycles. The molecule has 0 spiro atoms. The number of rotatable bonds is 6. The van der Waals surface area contributed by atoms with Crippen molar-refractivity contribution < 1.29 is 19.1 Å². The minimum absolute atomic E-state index is 0.0541. The average Bonchev–Trinajstić information content (AvgIpc) is 3.30. The van der Waals surface area contributed by atoms with Crippen molar-refractivity contribution in [3.8, 4) is 34.4 Å². The second-order valence-electron chi connectivity index (χ2n) is 6.45. The summed E-state index contributed by atoms with van der Waals surface area (Å²) in [4.78, 5) is 12.3. The maximum absolute atomic E-state index is 12.3. The summed E-state index contributed by atoms with van der Waals surface area (Å²) in [5.41, 5.74) is 4.74. The van der Waals surface area contributed by atoms with Crippen molar-refractivity contribution in [3.63, 3.8) is 0 Å². The topological polar surface area (TPSA) is 110 Å². The van der Waals surface area contributed by atoms with Crippen molar-refractivity contribution in [1.29, 1.82) is 0 Å². The molecular formula is C23H18N4O4. The number of nitrogens with one attached hydrogen (secondary N) is 1. The van der Waals surface area contributed by atoms with Gasteiger partial charge in [-0.3, -0.25) is 4.79 Å². The van der Waals surface area contributed by atoms with Crippen LogP contribution in [0.4, 0.5) is 0 Å². The number of nitrogens with zero attached hydrogens (tertiary/aromatic N) is 3. The largest absolute Gasteiger partial charge is 0.507 e. The lowest BCUT2D eigenvalue weighted by molar-refractivity contribution is 0.0955. The van der Waals surface area contributed by atoms with Crippen LogP contribution < -0.4 is 10.2 Å². The molecule has 1 heterocycles. The van der Waals surface area contributed by atoms with Gasteiger partial charge in [-0.2, -0.15) is 5.10 Å². The molecule has 0 fully saturated rings. The highest BCUT2D eigenvalue weighted by Crippen LogP contribution is 2.29. The second kappa shape index (κ2) is 8.91. The molecule has 0 bridgehead atoms. The van der Waals surface area contributed by atoms with Crippen molar-refractivity contribution in [2.24, 2.45) is 5.10 Å². The van der Waals surface area contributed by atoms with Crippen LogP contribution in [0.2, 0.25) is 0 Å². The predicted octanol–water partition coefficient (Wildman–Crippen LogP) is 3.88. The molecule has 4 rings (SSSR count). The summed E-state index contributed by atoms with van der Waals surface area (Å²) < 4.78 is 10.9. The van der Waals surface area contributed by atoms with Gasteiger partial charge in [0.05, 0.1) is 18.9 Å². The first-order valence-electron chi connectivity index (χ1n) is 9.34. The van der Waals surface area contributed by atoms with Gasteiger partial charge < -0.3 is 14.3 Å². The van der Waals surface area contributed by atoms with E-state index in [0.29, 0.717) is 22.4 Å². The van der Waals surface area contributed by atoms with Crippen LogP contribution in [-0.4, -0.2) is 34.5 Å². The Bertz CT molecular complexity index is 1230. The number of amides is 1. The number of aromatic nitrogens is 2. The molecule has 0 radical (unpaired) electrons. The molecule has 0 aliphatic rings. The number of aromatic hydroxyl groups is 1. The normalized spacial score (nSPS) is 10.9. The number of methoxy groups -OCH3 is 1. The van der Waals surface area contributed by atoms with Gasteiger partial charge in [0, 0.05) is 16.7 Å². The molecule has 4 aromatic rings. The number of hydrogen-bond acceptors (Lipinski definition) is 7. The Hall–Kier alpha value is -4.46. The number of carbonyl (C=O) groups is 1. The van der Waals surface area contributed by atoms with Crippen LogP contribution in [-0.2, 0) is 0 Å². The van der Waals surface area contributed by atoms with Crippen LogP contribution in [0, 0.1) is 0 Å². The van der Waals surface area contributed by atoms with Crippen LogP contribution in [0.25, 0.3) is 22.9 Å². The fraction of sp³-hybridized carbons (Fsp3) is 0.0435. The van der Waals surface area contributed by atoms with Gasteiger partial charge in [0.2, 0.25) is 5.89 Å². The number of ether oxygens (including phenoxy) is 1. The van der Waals surface area contributed by atoms with E-state index in [-0.39, 0.29) is 23.4 Å². The zero-order chi connectivity index (χ0) is 21.6. The van der Waals surface area contributed by atoms with Gasteiger partial charge >= 0.3 is 0 Å². The predicted molar refractivity (Wildman–Crippen MR) is 115 cm³/mol. The van der Waals surface area contributed by atoms with Crippen LogP contribution in [0.3, 0.4) is 0 Å². The molecule has 0 aliphatic heterocycles. The number of hydrazone groups is 1. The van der Waals surface area contributed by atoms with Gasteiger partial charge in [-0.25, -0.2) is 5.43 Å². The van der Waals surface area contributed by atoms with E-state index in [1.54, 1.807) is 55.6 Å². The molecule has 8 heteroatoms. The summed E-state index contributed by atoms with van der Waals surface area (Å²) in [7, 11) is 1.57. The first-order chi connectivity index (χ1) is 15.2. The Morgan fingerprint density at radius 1 is 1.00 bits per heavy atom. The quantitative estimate of drug-likeness (QED) is 0.366. The Morgan fingerprint density at radius 3 is 2.48 bits per heavy atom. The molecule has 0 unspecified atom stereocenters. The average molecular weight is 414 g/mol. The van der Waals surface area contributed by atoms with E-state index in [1.807, 2.05) is 24.3 Å². The standard InChI is InChI=1S/C23H18N4O4/c1-30-20-9-5-2-6-17(20)14-24-25-21(29)15-10-12-16(13-11-15)22-26-27-23(31-22)18-7-3-4-8-19(18)28/h2-14,28H,1H3,(H,25,29)/b24-14+. The highest BCUT2D eigenvalue weighted by Gasteiger charge is 2.14. The molecule has 0 aliphatic carbocycles. The van der Waals surface area contributed by atoms with Crippen LogP contribution >= 0.6 is 0 Å². The zero-order valence-electron chi connectivity index (χ0n) is 16.5. The molecular weight excluding hydrogens is 396 g/mol. The first-order valence-corrected chi connectivity index (χ1v) is 9.34. The van der Waals surface area contributed by atoms with Crippen molar-refractivity contribution >= 4 is 12.1 Å². The van der Waals surface area contributed by atoms with Crippen LogP contribution in [0.1, 0.15) is 15.9 Å². The lowest BCUT2D eigenvalue weighted by Gasteiger charge is -2.03. The Labute approximate surface area is 177 Å². The third-order valence-corrected chi connectivity index (χ3v) is 4.46. The van der Waals surface area contributed by atoms with Crippen molar-refractivity contribution in [1.82, 2.24) is 15.6 Å². The van der Waals surface area contributed by atoms with Gasteiger partial charge in [-0.15, -0.1) is 10.2 Å². The molecule has 0 saturated carbocycles. The summed E-state index contributed by atoms with van der Waals surface area (Å²) >= 11 is 0. The van der Waals surface area contributed by atoms with Gasteiger partial charge in [0.15, 0.2) is 0 Å². The summed E-state index contributed by atoms with van der Waals surface area (Å²) in [6.45, 7) is 0. The first kappa shape index (κ1) is 19.8. The van der Waals surface area contributed by atoms with E-state index in [4.69, 9.17) is 9.15 Å². The van der Waals surface area contributed by atoms with Crippen molar-refractivity contribution in [3.05, 3.63) is 83.9 Å². The third kappa shape index (κ3) is 4.43. The molecule has 154 valence electrons. The number of phenols is 1. The highest BCUT2D eigenvalue weighted by atomic mass is 16.5. The molecule has 1 amide bonds. The lowest BCUT2D eigenvalue weighted by Crippen LogP contribution is -2.17. The fourth-order valence-corrected chi connectivity index (χ4v) is 2.87. The van der Waals surface area contributed by atoms with E-state index < -0.39 is 0 Å². The smallest absolute Gasteiger partial charge is 0.271 e. The summed E-state index contributed by atoms with van der Waals surface area (Å²) in [5.74, 6) is 0.837. The number of carbonyl (C=O) groups excluding carboxylic acids is 1. The van der Waals surface area contributed by atoms with E-state index in [9.17, 15) is 9.90 Å². The SMILES string of the molecule is COc1ccccc1/C=N/NC(=O)c1ccc(-c2nnc(-c3ccccc3O)o2)cc1. The minimum atomic E-state index is -0.363.